The Morgan fingerprint density at radius 1 is 0.886 bits per heavy atom. The van der Waals surface area contributed by atoms with Crippen LogP contribution < -0.4 is 11.1 Å². The number of carbonyl (C=O) groups is 1. The third kappa shape index (κ3) is 4.83. The molecule has 2 atom stereocenters. The van der Waals surface area contributed by atoms with Crippen LogP contribution >= 0.6 is 0 Å². The molecule has 1 aliphatic rings. The molecule has 1 fully saturated rings. The molecule has 3 aromatic carbocycles. The van der Waals surface area contributed by atoms with Gasteiger partial charge in [-0.2, -0.15) is 0 Å². The number of aromatic nitrogens is 1. The van der Waals surface area contributed by atoms with Gasteiger partial charge in [-0.25, -0.2) is 4.98 Å². The molecule has 5 rings (SSSR count). The molecular weight excluding hydrogens is 432 g/mol. The van der Waals surface area contributed by atoms with Gasteiger partial charge in [-0.1, -0.05) is 85.3 Å². The number of hydrogen-bond donors (Lipinski definition) is 2. The molecule has 5 heteroatoms. The molecule has 5 nitrogen and oxygen atoms in total. The zero-order chi connectivity index (χ0) is 24.2. The number of pyridine rings is 1. The monoisotopic (exact) mass is 464 g/mol. The highest BCUT2D eigenvalue weighted by molar-refractivity contribution is 6.09. The van der Waals surface area contributed by atoms with Crippen LogP contribution in [0.4, 0.5) is 0 Å². The highest BCUT2D eigenvalue weighted by Gasteiger charge is 2.30. The third-order valence-electron chi connectivity index (χ3n) is 6.93. The lowest BCUT2D eigenvalue weighted by Gasteiger charge is -2.34. The minimum Gasteiger partial charge on any atom is -0.345 e. The molecular formula is C30H32N4O. The molecule has 1 amide bonds. The maximum atomic E-state index is 14.0. The predicted octanol–water partition coefficient (Wildman–Crippen LogP) is 5.84. The van der Waals surface area contributed by atoms with E-state index in [0.717, 1.165) is 59.2 Å². The van der Waals surface area contributed by atoms with Gasteiger partial charge in [0.05, 0.1) is 29.0 Å². The minimum atomic E-state index is -0.421. The summed E-state index contributed by atoms with van der Waals surface area (Å²) in [7, 11) is 0. The van der Waals surface area contributed by atoms with Crippen molar-refractivity contribution >= 4 is 16.8 Å². The van der Waals surface area contributed by atoms with E-state index in [1.807, 2.05) is 91.9 Å². The first-order valence-corrected chi connectivity index (χ1v) is 12.5. The Balaban J connectivity index is 1.68. The maximum absolute atomic E-state index is 14.0. The van der Waals surface area contributed by atoms with Gasteiger partial charge in [-0.3, -0.25) is 9.69 Å². The number of amides is 1. The maximum Gasteiger partial charge on any atom is 0.252 e. The van der Waals surface area contributed by atoms with Crippen LogP contribution in [0.15, 0.2) is 84.9 Å². The van der Waals surface area contributed by atoms with Crippen LogP contribution in [0, 0.1) is 0 Å². The fourth-order valence-electron chi connectivity index (χ4n) is 5.05. The Hall–Kier alpha value is -3.54. The molecule has 0 saturated carbocycles. The normalized spacial score (nSPS) is 16.1. The second kappa shape index (κ2) is 10.4. The molecule has 0 radical (unpaired) electrons. The summed E-state index contributed by atoms with van der Waals surface area (Å²) >= 11 is 0. The molecule has 0 bridgehead atoms. The van der Waals surface area contributed by atoms with Gasteiger partial charge < -0.3 is 11.1 Å². The van der Waals surface area contributed by atoms with Crippen LogP contribution in [0.3, 0.4) is 0 Å². The second-order valence-corrected chi connectivity index (χ2v) is 9.28. The Morgan fingerprint density at radius 3 is 2.23 bits per heavy atom. The molecule has 4 aromatic rings. The number of carbonyl (C=O) groups excluding carboxylic acids is 1. The summed E-state index contributed by atoms with van der Waals surface area (Å²) in [5.74, 6) is -0.125. The van der Waals surface area contributed by atoms with E-state index in [1.54, 1.807) is 0 Å². The zero-order valence-electron chi connectivity index (χ0n) is 20.2. The molecule has 1 unspecified atom stereocenters. The van der Waals surface area contributed by atoms with Gasteiger partial charge >= 0.3 is 0 Å². The molecule has 178 valence electrons. The standard InChI is InChI=1S/C30H32N4O/c1-21(22-13-5-2-6-14-22)32-30(35)26-24-17-9-10-18-25(24)33-28(23-15-7-3-8-16-23)27(26)29(31)34-19-11-4-12-20-34/h2-3,5-10,13-18,21,29H,4,11-12,19-20,31H2,1H3,(H,32,35)/t21-,29?/m0/s1. The Morgan fingerprint density at radius 2 is 1.51 bits per heavy atom. The Labute approximate surface area is 207 Å². The van der Waals surface area contributed by atoms with Crippen LogP contribution in [0.2, 0.25) is 0 Å². The Kier molecular flexibility index (Phi) is 6.89. The van der Waals surface area contributed by atoms with Crippen LogP contribution in [0.1, 0.15) is 59.9 Å². The summed E-state index contributed by atoms with van der Waals surface area (Å²) in [6, 6.07) is 27.8. The number of para-hydroxylation sites is 1. The van der Waals surface area contributed by atoms with Crippen molar-refractivity contribution in [3.8, 4) is 11.3 Å². The molecule has 1 saturated heterocycles. The van der Waals surface area contributed by atoms with E-state index >= 15 is 0 Å². The summed E-state index contributed by atoms with van der Waals surface area (Å²) in [6.07, 6.45) is 3.02. The summed E-state index contributed by atoms with van der Waals surface area (Å²) < 4.78 is 0. The SMILES string of the molecule is C[C@H](NC(=O)c1c(C(N)N2CCCCC2)c(-c2ccccc2)nc2ccccc12)c1ccccc1. The number of benzene rings is 3. The molecule has 3 N–H and O–H groups in total. The van der Waals surface area contributed by atoms with Crippen molar-refractivity contribution in [2.45, 2.75) is 38.4 Å². The van der Waals surface area contributed by atoms with E-state index in [0.29, 0.717) is 5.56 Å². The van der Waals surface area contributed by atoms with Crippen molar-refractivity contribution in [3.63, 3.8) is 0 Å². The van der Waals surface area contributed by atoms with Crippen LogP contribution in [0.5, 0.6) is 0 Å². The molecule has 0 spiro atoms. The van der Waals surface area contributed by atoms with Gasteiger partial charge in [-0.15, -0.1) is 0 Å². The van der Waals surface area contributed by atoms with Crippen molar-refractivity contribution < 1.29 is 4.79 Å². The van der Waals surface area contributed by atoms with E-state index in [9.17, 15) is 4.79 Å². The first kappa shape index (κ1) is 23.2. The summed E-state index contributed by atoms with van der Waals surface area (Å²) in [5.41, 5.74) is 12.0. The number of nitrogens with one attached hydrogen (secondary N) is 1. The van der Waals surface area contributed by atoms with Gasteiger partial charge in [0.15, 0.2) is 0 Å². The van der Waals surface area contributed by atoms with E-state index in [1.165, 1.54) is 6.42 Å². The number of hydrogen-bond acceptors (Lipinski definition) is 4. The van der Waals surface area contributed by atoms with E-state index in [2.05, 4.69) is 10.2 Å². The van der Waals surface area contributed by atoms with Gasteiger partial charge in [0.25, 0.3) is 5.91 Å². The molecule has 35 heavy (non-hydrogen) atoms. The fourth-order valence-corrected chi connectivity index (χ4v) is 5.05. The highest BCUT2D eigenvalue weighted by atomic mass is 16.1. The Bertz CT molecular complexity index is 1300. The topological polar surface area (TPSA) is 71.2 Å². The number of rotatable bonds is 6. The van der Waals surface area contributed by atoms with Crippen molar-refractivity contribution in [1.82, 2.24) is 15.2 Å². The highest BCUT2D eigenvalue weighted by Crippen LogP contribution is 2.36. The van der Waals surface area contributed by atoms with Gasteiger partial charge in [0.2, 0.25) is 0 Å². The summed E-state index contributed by atoms with van der Waals surface area (Å²) in [4.78, 5) is 21.4. The average molecular weight is 465 g/mol. The molecule has 1 aliphatic heterocycles. The summed E-state index contributed by atoms with van der Waals surface area (Å²) in [6.45, 7) is 3.85. The number of fused-ring (bicyclic) bond motifs is 1. The van der Waals surface area contributed by atoms with Crippen LogP contribution in [-0.2, 0) is 0 Å². The lowest BCUT2D eigenvalue weighted by atomic mass is 9.92. The largest absolute Gasteiger partial charge is 0.345 e. The number of nitrogens with zero attached hydrogens (tertiary/aromatic N) is 2. The average Bonchev–Trinajstić information content (AvgIpc) is 2.93. The molecule has 0 aliphatic carbocycles. The first-order valence-electron chi connectivity index (χ1n) is 12.5. The molecule has 2 heterocycles. The zero-order valence-corrected chi connectivity index (χ0v) is 20.2. The second-order valence-electron chi connectivity index (χ2n) is 9.28. The van der Waals surface area contributed by atoms with E-state index in [-0.39, 0.29) is 11.9 Å². The van der Waals surface area contributed by atoms with Crippen molar-refractivity contribution in [2.24, 2.45) is 5.73 Å². The molecule has 1 aromatic heterocycles. The van der Waals surface area contributed by atoms with E-state index in [4.69, 9.17) is 10.7 Å². The fraction of sp³-hybridized carbons (Fsp3) is 0.267. The lowest BCUT2D eigenvalue weighted by Crippen LogP contribution is -2.40. The number of piperidine rings is 1. The van der Waals surface area contributed by atoms with E-state index < -0.39 is 6.17 Å². The van der Waals surface area contributed by atoms with Crippen LogP contribution in [-0.4, -0.2) is 28.9 Å². The van der Waals surface area contributed by atoms with Crippen molar-refractivity contribution in [1.29, 1.82) is 0 Å². The lowest BCUT2D eigenvalue weighted by molar-refractivity contribution is 0.0936. The van der Waals surface area contributed by atoms with Gasteiger partial charge in [0, 0.05) is 16.5 Å². The predicted molar refractivity (Wildman–Crippen MR) is 142 cm³/mol. The van der Waals surface area contributed by atoms with Gasteiger partial charge in [0.1, 0.15) is 0 Å². The first-order chi connectivity index (χ1) is 17.1. The third-order valence-corrected chi connectivity index (χ3v) is 6.93. The smallest absolute Gasteiger partial charge is 0.252 e. The minimum absolute atomic E-state index is 0.125. The van der Waals surface area contributed by atoms with Crippen molar-refractivity contribution in [2.75, 3.05) is 13.1 Å². The van der Waals surface area contributed by atoms with Gasteiger partial charge in [-0.05, 0) is 44.5 Å². The quantitative estimate of drug-likeness (QED) is 0.376. The van der Waals surface area contributed by atoms with Crippen LogP contribution in [0.25, 0.3) is 22.2 Å². The summed E-state index contributed by atoms with van der Waals surface area (Å²) in [5, 5.41) is 4.07. The number of likely N-dealkylation sites (tertiary alicyclic amines) is 1. The van der Waals surface area contributed by atoms with Crippen molar-refractivity contribution in [3.05, 3.63) is 102 Å². The number of nitrogens with two attached hydrogens (primary N) is 1.